The third-order valence-electron chi connectivity index (χ3n) is 4.30. The molecule has 1 aromatic carbocycles. The monoisotopic (exact) mass is 327 g/mol. The van der Waals surface area contributed by atoms with Gasteiger partial charge in [0, 0.05) is 19.5 Å². The van der Waals surface area contributed by atoms with Gasteiger partial charge in [-0.25, -0.2) is 4.98 Å². The lowest BCUT2D eigenvalue weighted by molar-refractivity contribution is -0.116. The van der Waals surface area contributed by atoms with E-state index in [1.165, 1.54) is 50.1 Å². The normalized spacial score (nSPS) is 10.9. The molecule has 2 rings (SSSR count). The lowest BCUT2D eigenvalue weighted by Gasteiger charge is -2.09. The summed E-state index contributed by atoms with van der Waals surface area (Å²) in [6.45, 7) is 7.31. The van der Waals surface area contributed by atoms with Crippen molar-refractivity contribution in [3.05, 3.63) is 42.7 Å². The summed E-state index contributed by atoms with van der Waals surface area (Å²) in [4.78, 5) is 16.0. The maximum absolute atomic E-state index is 11.3. The van der Waals surface area contributed by atoms with Crippen LogP contribution >= 0.6 is 0 Å². The van der Waals surface area contributed by atoms with Crippen LogP contribution in [0.3, 0.4) is 0 Å². The second-order valence-electron chi connectivity index (χ2n) is 6.18. The van der Waals surface area contributed by atoms with Crippen molar-refractivity contribution in [3.8, 4) is 0 Å². The van der Waals surface area contributed by atoms with Gasteiger partial charge in [-0.1, -0.05) is 57.7 Å². The quantitative estimate of drug-likeness (QED) is 0.495. The van der Waals surface area contributed by atoms with E-state index in [4.69, 9.17) is 4.98 Å². The van der Waals surface area contributed by atoms with E-state index in [0.717, 1.165) is 24.3 Å². The molecule has 0 fully saturated rings. The van der Waals surface area contributed by atoms with Crippen LogP contribution in [-0.2, 0) is 17.8 Å². The van der Waals surface area contributed by atoms with Gasteiger partial charge in [-0.3, -0.25) is 4.79 Å². The van der Waals surface area contributed by atoms with Crippen molar-refractivity contribution in [2.75, 3.05) is 6.54 Å². The maximum Gasteiger partial charge on any atom is 0.243 e. The van der Waals surface area contributed by atoms with Crippen LogP contribution in [0, 0.1) is 0 Å². The number of imidazole rings is 1. The number of hydrogen-bond donors (Lipinski definition) is 1. The number of aromatic nitrogens is 2. The van der Waals surface area contributed by atoms with Crippen molar-refractivity contribution in [2.45, 2.75) is 58.4 Å². The number of fused-ring (bicyclic) bond motifs is 1. The predicted molar refractivity (Wildman–Crippen MR) is 100 cm³/mol. The van der Waals surface area contributed by atoms with Gasteiger partial charge >= 0.3 is 0 Å². The molecule has 0 aliphatic carbocycles. The number of nitrogens with one attached hydrogen (secondary N) is 1. The number of hydrogen-bond acceptors (Lipinski definition) is 2. The van der Waals surface area contributed by atoms with E-state index in [1.807, 2.05) is 6.07 Å². The Morgan fingerprint density at radius 1 is 1.21 bits per heavy atom. The first-order valence-electron chi connectivity index (χ1n) is 9.10. The predicted octanol–water partition coefficient (Wildman–Crippen LogP) is 4.24. The van der Waals surface area contributed by atoms with Crippen molar-refractivity contribution in [1.82, 2.24) is 14.9 Å². The highest BCUT2D eigenvalue weighted by Crippen LogP contribution is 2.18. The van der Waals surface area contributed by atoms with Crippen LogP contribution in [0.1, 0.15) is 51.3 Å². The molecule has 2 aromatic rings. The molecule has 0 aliphatic heterocycles. The van der Waals surface area contributed by atoms with Crippen LogP contribution in [0.4, 0.5) is 0 Å². The summed E-state index contributed by atoms with van der Waals surface area (Å²) in [6.07, 6.45) is 9.75. The number of rotatable bonds is 11. The number of amides is 1. The number of para-hydroxylation sites is 2. The van der Waals surface area contributed by atoms with Crippen LogP contribution in [-0.4, -0.2) is 22.0 Å². The first-order valence-corrected chi connectivity index (χ1v) is 9.10. The molecular formula is C20H29N3O. The molecule has 0 aliphatic rings. The molecule has 0 atom stereocenters. The maximum atomic E-state index is 11.3. The van der Waals surface area contributed by atoms with E-state index in [2.05, 4.69) is 41.6 Å². The van der Waals surface area contributed by atoms with E-state index >= 15 is 0 Å². The van der Waals surface area contributed by atoms with E-state index in [9.17, 15) is 4.79 Å². The number of carbonyl (C=O) groups excluding carboxylic acids is 1. The third kappa shape index (κ3) is 5.22. The average molecular weight is 327 g/mol. The molecule has 0 spiro atoms. The SMILES string of the molecule is C=CC(=O)NCCc1nc2ccccc2n1CCCCCCCC. The average Bonchev–Trinajstić information content (AvgIpc) is 2.95. The Bertz CT molecular complexity index is 660. The molecule has 1 amide bonds. The van der Waals surface area contributed by atoms with E-state index < -0.39 is 0 Å². The summed E-state index contributed by atoms with van der Waals surface area (Å²) in [5.74, 6) is 0.919. The molecule has 0 radical (unpaired) electrons. The van der Waals surface area contributed by atoms with E-state index in [1.54, 1.807) is 0 Å². The second kappa shape index (κ2) is 9.91. The standard InChI is InChI=1S/C20H29N3O/c1-3-5-6-7-8-11-16-23-18-13-10-9-12-17(18)22-19(23)14-15-21-20(24)4-2/h4,9-10,12-13H,2-3,5-8,11,14-16H2,1H3,(H,21,24). The van der Waals surface area contributed by atoms with Gasteiger partial charge < -0.3 is 9.88 Å². The molecule has 1 aromatic heterocycles. The first-order chi connectivity index (χ1) is 11.8. The van der Waals surface area contributed by atoms with Gasteiger partial charge in [0.1, 0.15) is 5.82 Å². The summed E-state index contributed by atoms with van der Waals surface area (Å²) in [7, 11) is 0. The Morgan fingerprint density at radius 2 is 1.96 bits per heavy atom. The Hall–Kier alpha value is -2.10. The highest BCUT2D eigenvalue weighted by molar-refractivity contribution is 5.86. The fraction of sp³-hybridized carbons (Fsp3) is 0.500. The summed E-state index contributed by atoms with van der Waals surface area (Å²) >= 11 is 0. The van der Waals surface area contributed by atoms with Crippen molar-refractivity contribution in [1.29, 1.82) is 0 Å². The molecule has 0 saturated carbocycles. The second-order valence-corrected chi connectivity index (χ2v) is 6.18. The molecule has 24 heavy (non-hydrogen) atoms. The van der Waals surface area contributed by atoms with E-state index in [-0.39, 0.29) is 5.91 Å². The van der Waals surface area contributed by atoms with Crippen molar-refractivity contribution < 1.29 is 4.79 Å². The Kier molecular flexibility index (Phi) is 7.53. The zero-order valence-electron chi connectivity index (χ0n) is 14.8. The molecule has 4 heteroatoms. The Balaban J connectivity index is 1.98. The lowest BCUT2D eigenvalue weighted by atomic mass is 10.1. The minimum absolute atomic E-state index is 0.131. The van der Waals surface area contributed by atoms with Gasteiger partial charge in [0.05, 0.1) is 11.0 Å². The Morgan fingerprint density at radius 3 is 2.75 bits per heavy atom. The number of aryl methyl sites for hydroxylation is 1. The number of unbranched alkanes of at least 4 members (excludes halogenated alkanes) is 5. The fourth-order valence-electron chi connectivity index (χ4n) is 2.99. The molecule has 0 unspecified atom stereocenters. The molecule has 0 bridgehead atoms. The summed E-state index contributed by atoms with van der Waals surface area (Å²) in [5.41, 5.74) is 2.23. The van der Waals surface area contributed by atoms with Crippen LogP contribution < -0.4 is 5.32 Å². The Labute approximate surface area is 145 Å². The third-order valence-corrected chi connectivity index (χ3v) is 4.30. The van der Waals surface area contributed by atoms with Gasteiger partial charge in [-0.2, -0.15) is 0 Å². The smallest absolute Gasteiger partial charge is 0.243 e. The summed E-state index contributed by atoms with van der Waals surface area (Å²) in [6, 6.07) is 8.27. The minimum atomic E-state index is -0.131. The van der Waals surface area contributed by atoms with Crippen LogP contribution in [0.15, 0.2) is 36.9 Å². The fourth-order valence-corrected chi connectivity index (χ4v) is 2.99. The summed E-state index contributed by atoms with van der Waals surface area (Å²) < 4.78 is 2.31. The van der Waals surface area contributed by atoms with Crippen LogP contribution in [0.2, 0.25) is 0 Å². The van der Waals surface area contributed by atoms with Gasteiger partial charge in [0.15, 0.2) is 0 Å². The largest absolute Gasteiger partial charge is 0.352 e. The van der Waals surface area contributed by atoms with Gasteiger partial charge in [0.2, 0.25) is 5.91 Å². The van der Waals surface area contributed by atoms with Crippen LogP contribution in [0.5, 0.6) is 0 Å². The van der Waals surface area contributed by atoms with Gasteiger partial charge in [-0.05, 0) is 24.6 Å². The zero-order chi connectivity index (χ0) is 17.2. The van der Waals surface area contributed by atoms with Gasteiger partial charge in [-0.15, -0.1) is 0 Å². The minimum Gasteiger partial charge on any atom is -0.352 e. The number of carbonyl (C=O) groups is 1. The number of nitrogens with zero attached hydrogens (tertiary/aromatic N) is 2. The van der Waals surface area contributed by atoms with Gasteiger partial charge in [0.25, 0.3) is 0 Å². The number of benzene rings is 1. The first kappa shape index (κ1) is 18.2. The highest BCUT2D eigenvalue weighted by atomic mass is 16.1. The molecule has 1 heterocycles. The zero-order valence-corrected chi connectivity index (χ0v) is 14.8. The van der Waals surface area contributed by atoms with Crippen molar-refractivity contribution in [3.63, 3.8) is 0 Å². The molecule has 4 nitrogen and oxygen atoms in total. The van der Waals surface area contributed by atoms with Crippen molar-refractivity contribution in [2.24, 2.45) is 0 Å². The molecule has 1 N–H and O–H groups in total. The molecular weight excluding hydrogens is 298 g/mol. The highest BCUT2D eigenvalue weighted by Gasteiger charge is 2.10. The topological polar surface area (TPSA) is 46.9 Å². The lowest BCUT2D eigenvalue weighted by Crippen LogP contribution is -2.24. The molecule has 130 valence electrons. The van der Waals surface area contributed by atoms with Crippen molar-refractivity contribution >= 4 is 16.9 Å². The molecule has 0 saturated heterocycles. The van der Waals surface area contributed by atoms with Crippen LogP contribution in [0.25, 0.3) is 11.0 Å². The van der Waals surface area contributed by atoms with E-state index in [0.29, 0.717) is 6.54 Å². The summed E-state index contributed by atoms with van der Waals surface area (Å²) in [5, 5.41) is 2.83.